The Kier molecular flexibility index (Phi) is 3.79. The van der Waals surface area contributed by atoms with Crippen LogP contribution in [0.25, 0.3) is 0 Å². The number of nitrogens with two attached hydrogens (primary N) is 1. The van der Waals surface area contributed by atoms with Crippen LogP contribution in [0.2, 0.25) is 0 Å². The molecule has 0 aromatic carbocycles. The minimum Gasteiger partial charge on any atom is -0.365 e. The van der Waals surface area contributed by atoms with Gasteiger partial charge in [0.25, 0.3) is 5.91 Å². The highest BCUT2D eigenvalue weighted by Gasteiger charge is 2.26. The highest BCUT2D eigenvalue weighted by molar-refractivity contribution is 6.03. The standard InChI is InChI=1S/C12H20N4O2/c1-6(2)8-7(9(13)17)10(16-15-8)14-11(18)12(3,4)5/h6H,1-5H3,(H2,13,17)(H2,14,15,16,18). The van der Waals surface area contributed by atoms with Gasteiger partial charge in [-0.05, 0) is 5.92 Å². The first-order chi connectivity index (χ1) is 8.14. The van der Waals surface area contributed by atoms with Crippen molar-refractivity contribution >= 4 is 17.6 Å². The SMILES string of the molecule is CC(C)c1[nH]nc(NC(=O)C(C)(C)C)c1C(N)=O. The molecule has 4 N–H and O–H groups in total. The number of hydrogen-bond donors (Lipinski definition) is 3. The molecule has 1 aromatic heterocycles. The summed E-state index contributed by atoms with van der Waals surface area (Å²) in [5, 5.41) is 9.33. The van der Waals surface area contributed by atoms with E-state index in [1.165, 1.54) is 0 Å². The molecule has 6 heteroatoms. The summed E-state index contributed by atoms with van der Waals surface area (Å²) in [6, 6.07) is 0. The van der Waals surface area contributed by atoms with E-state index in [0.717, 1.165) is 0 Å². The summed E-state index contributed by atoms with van der Waals surface area (Å²) in [7, 11) is 0. The lowest BCUT2D eigenvalue weighted by molar-refractivity contribution is -0.123. The summed E-state index contributed by atoms with van der Waals surface area (Å²) in [4.78, 5) is 23.3. The van der Waals surface area contributed by atoms with E-state index in [1.807, 2.05) is 13.8 Å². The summed E-state index contributed by atoms with van der Waals surface area (Å²) >= 11 is 0. The maximum Gasteiger partial charge on any atom is 0.254 e. The Labute approximate surface area is 106 Å². The molecule has 0 saturated heterocycles. The molecule has 0 atom stereocenters. The zero-order chi connectivity index (χ0) is 14.1. The smallest absolute Gasteiger partial charge is 0.254 e. The number of H-pyrrole nitrogens is 1. The number of anilines is 1. The lowest BCUT2D eigenvalue weighted by Crippen LogP contribution is -2.29. The van der Waals surface area contributed by atoms with Crippen LogP contribution in [-0.4, -0.2) is 22.0 Å². The van der Waals surface area contributed by atoms with Gasteiger partial charge in [-0.3, -0.25) is 14.7 Å². The van der Waals surface area contributed by atoms with Gasteiger partial charge in [0, 0.05) is 5.41 Å². The number of carbonyl (C=O) groups excluding carboxylic acids is 2. The Morgan fingerprint density at radius 3 is 2.28 bits per heavy atom. The third-order valence-electron chi connectivity index (χ3n) is 2.53. The topological polar surface area (TPSA) is 101 Å². The number of primary amides is 1. The lowest BCUT2D eigenvalue weighted by Gasteiger charge is -2.16. The van der Waals surface area contributed by atoms with Crippen LogP contribution in [0.15, 0.2) is 0 Å². The van der Waals surface area contributed by atoms with Crippen molar-refractivity contribution < 1.29 is 9.59 Å². The molecule has 1 aromatic rings. The normalized spacial score (nSPS) is 11.7. The van der Waals surface area contributed by atoms with Crippen LogP contribution in [0.4, 0.5) is 5.82 Å². The maximum absolute atomic E-state index is 11.9. The Morgan fingerprint density at radius 1 is 1.33 bits per heavy atom. The van der Waals surface area contributed by atoms with Crippen LogP contribution in [0.5, 0.6) is 0 Å². The van der Waals surface area contributed by atoms with Crippen molar-refractivity contribution in [2.45, 2.75) is 40.5 Å². The number of aromatic nitrogens is 2. The van der Waals surface area contributed by atoms with Crippen LogP contribution in [0, 0.1) is 5.41 Å². The van der Waals surface area contributed by atoms with E-state index in [0.29, 0.717) is 5.69 Å². The van der Waals surface area contributed by atoms with Gasteiger partial charge in [0.1, 0.15) is 5.56 Å². The van der Waals surface area contributed by atoms with Gasteiger partial charge < -0.3 is 11.1 Å². The van der Waals surface area contributed by atoms with Gasteiger partial charge in [0.15, 0.2) is 5.82 Å². The Morgan fingerprint density at radius 2 is 1.89 bits per heavy atom. The first kappa shape index (κ1) is 14.2. The van der Waals surface area contributed by atoms with Crippen molar-refractivity contribution in [2.75, 3.05) is 5.32 Å². The third-order valence-corrected chi connectivity index (χ3v) is 2.53. The van der Waals surface area contributed by atoms with Gasteiger partial charge in [-0.1, -0.05) is 34.6 Å². The molecule has 100 valence electrons. The summed E-state index contributed by atoms with van der Waals surface area (Å²) in [6.07, 6.45) is 0. The fourth-order valence-electron chi connectivity index (χ4n) is 1.41. The zero-order valence-corrected chi connectivity index (χ0v) is 11.4. The number of aromatic amines is 1. The predicted octanol–water partition coefficient (Wildman–Crippen LogP) is 1.62. The van der Waals surface area contributed by atoms with Crippen LogP contribution in [0.3, 0.4) is 0 Å². The van der Waals surface area contributed by atoms with E-state index < -0.39 is 11.3 Å². The molecule has 6 nitrogen and oxygen atoms in total. The van der Waals surface area contributed by atoms with Gasteiger partial charge in [-0.15, -0.1) is 0 Å². The highest BCUT2D eigenvalue weighted by atomic mass is 16.2. The summed E-state index contributed by atoms with van der Waals surface area (Å²) in [6.45, 7) is 9.16. The van der Waals surface area contributed by atoms with Gasteiger partial charge in [-0.2, -0.15) is 5.10 Å². The van der Waals surface area contributed by atoms with Crippen LogP contribution in [0.1, 0.15) is 56.6 Å². The number of rotatable bonds is 3. The van der Waals surface area contributed by atoms with Crippen LogP contribution in [-0.2, 0) is 4.79 Å². The highest BCUT2D eigenvalue weighted by Crippen LogP contribution is 2.24. The summed E-state index contributed by atoms with van der Waals surface area (Å²) in [5.41, 5.74) is 5.65. The molecule has 0 aliphatic heterocycles. The van der Waals surface area contributed by atoms with Crippen molar-refractivity contribution in [3.8, 4) is 0 Å². The Bertz CT molecular complexity index is 469. The monoisotopic (exact) mass is 252 g/mol. The lowest BCUT2D eigenvalue weighted by atomic mass is 9.95. The molecule has 0 spiro atoms. The first-order valence-corrected chi connectivity index (χ1v) is 5.84. The quantitative estimate of drug-likeness (QED) is 0.761. The molecule has 1 heterocycles. The zero-order valence-electron chi connectivity index (χ0n) is 11.4. The predicted molar refractivity (Wildman–Crippen MR) is 69.3 cm³/mol. The van der Waals surface area contributed by atoms with E-state index in [4.69, 9.17) is 5.73 Å². The minimum atomic E-state index is -0.600. The summed E-state index contributed by atoms with van der Waals surface area (Å²) < 4.78 is 0. The number of nitrogens with zero attached hydrogens (tertiary/aromatic N) is 1. The largest absolute Gasteiger partial charge is 0.365 e. The average Bonchev–Trinajstić information content (AvgIpc) is 2.59. The second-order valence-electron chi connectivity index (χ2n) is 5.58. The minimum absolute atomic E-state index is 0.0697. The fraction of sp³-hybridized carbons (Fsp3) is 0.583. The Balaban J connectivity index is 3.11. The molecule has 2 amide bonds. The number of carbonyl (C=O) groups is 2. The van der Waals surface area contributed by atoms with Gasteiger partial charge in [-0.25, -0.2) is 0 Å². The van der Waals surface area contributed by atoms with E-state index in [-0.39, 0.29) is 23.2 Å². The number of nitrogens with one attached hydrogen (secondary N) is 2. The first-order valence-electron chi connectivity index (χ1n) is 5.84. The molecule has 0 bridgehead atoms. The third kappa shape index (κ3) is 2.88. The molecule has 0 fully saturated rings. The molecule has 0 aliphatic carbocycles. The van der Waals surface area contributed by atoms with Crippen molar-refractivity contribution in [3.05, 3.63) is 11.3 Å². The molecule has 1 rings (SSSR count). The molecule has 0 aliphatic rings. The molecular formula is C12H20N4O2. The molecule has 0 radical (unpaired) electrons. The molecule has 18 heavy (non-hydrogen) atoms. The number of hydrogen-bond acceptors (Lipinski definition) is 3. The maximum atomic E-state index is 11.9. The van der Waals surface area contributed by atoms with Crippen LogP contribution < -0.4 is 11.1 Å². The second kappa shape index (κ2) is 4.80. The van der Waals surface area contributed by atoms with E-state index >= 15 is 0 Å². The van der Waals surface area contributed by atoms with Crippen molar-refractivity contribution in [2.24, 2.45) is 11.1 Å². The van der Waals surface area contributed by atoms with Gasteiger partial charge >= 0.3 is 0 Å². The fourth-order valence-corrected chi connectivity index (χ4v) is 1.41. The number of amides is 2. The Hall–Kier alpha value is -1.85. The van der Waals surface area contributed by atoms with Crippen molar-refractivity contribution in [3.63, 3.8) is 0 Å². The van der Waals surface area contributed by atoms with Crippen LogP contribution >= 0.6 is 0 Å². The van der Waals surface area contributed by atoms with Crippen molar-refractivity contribution in [1.82, 2.24) is 10.2 Å². The molecule has 0 saturated carbocycles. The summed E-state index contributed by atoms with van der Waals surface area (Å²) in [5.74, 6) is -0.546. The van der Waals surface area contributed by atoms with E-state index in [2.05, 4.69) is 15.5 Å². The average molecular weight is 252 g/mol. The molecular weight excluding hydrogens is 232 g/mol. The van der Waals surface area contributed by atoms with Gasteiger partial charge in [0.2, 0.25) is 5.91 Å². The van der Waals surface area contributed by atoms with E-state index in [9.17, 15) is 9.59 Å². The second-order valence-corrected chi connectivity index (χ2v) is 5.58. The molecule has 0 unspecified atom stereocenters. The van der Waals surface area contributed by atoms with Crippen molar-refractivity contribution in [1.29, 1.82) is 0 Å². The van der Waals surface area contributed by atoms with E-state index in [1.54, 1.807) is 20.8 Å². The van der Waals surface area contributed by atoms with Gasteiger partial charge in [0.05, 0.1) is 5.69 Å².